The van der Waals surface area contributed by atoms with Crippen molar-refractivity contribution in [1.82, 2.24) is 15.1 Å². The standard InChI is InChI=1S/C14H16N4O4S3/c1-3-7-17-8-6-10(22-14(20)23-9-4-5-9)18(13(17)19)11-15-16-12(24-11)25(2)21/h1,9-10H,4-8H2,2H3. The molecule has 2 amide bonds. The normalized spacial score (nSPS) is 21.8. The predicted molar refractivity (Wildman–Crippen MR) is 96.0 cm³/mol. The smallest absolute Gasteiger partial charge is 0.369 e. The lowest BCUT2D eigenvalue weighted by molar-refractivity contribution is 0.0906. The first-order valence-electron chi connectivity index (χ1n) is 7.55. The molecule has 0 radical (unpaired) electrons. The molecule has 0 bridgehead atoms. The summed E-state index contributed by atoms with van der Waals surface area (Å²) in [5.41, 5.74) is 0. The van der Waals surface area contributed by atoms with Crippen LogP contribution in [0.3, 0.4) is 0 Å². The van der Waals surface area contributed by atoms with Crippen molar-refractivity contribution in [3.8, 4) is 12.3 Å². The minimum Gasteiger partial charge on any atom is -0.433 e. The van der Waals surface area contributed by atoms with Crippen molar-refractivity contribution >= 4 is 50.4 Å². The van der Waals surface area contributed by atoms with Gasteiger partial charge in [-0.1, -0.05) is 17.3 Å². The van der Waals surface area contributed by atoms with E-state index >= 15 is 0 Å². The van der Waals surface area contributed by atoms with Gasteiger partial charge < -0.3 is 9.64 Å². The van der Waals surface area contributed by atoms with E-state index < -0.39 is 28.4 Å². The molecule has 2 atom stereocenters. The summed E-state index contributed by atoms with van der Waals surface area (Å²) in [5, 5.41) is 7.93. The van der Waals surface area contributed by atoms with E-state index in [9.17, 15) is 13.8 Å². The number of hydrogen-bond donors (Lipinski definition) is 0. The maximum Gasteiger partial charge on any atom is 0.369 e. The number of urea groups is 1. The topological polar surface area (TPSA) is 92.7 Å². The van der Waals surface area contributed by atoms with Crippen molar-refractivity contribution in [2.75, 3.05) is 24.2 Å². The van der Waals surface area contributed by atoms with Gasteiger partial charge in [0.05, 0.1) is 17.3 Å². The molecule has 0 aromatic carbocycles. The minimum atomic E-state index is -1.31. The van der Waals surface area contributed by atoms with Crippen LogP contribution in [0.5, 0.6) is 0 Å². The van der Waals surface area contributed by atoms with Crippen LogP contribution >= 0.6 is 23.1 Å². The molecule has 2 aliphatic rings. The van der Waals surface area contributed by atoms with Gasteiger partial charge in [-0.2, -0.15) is 0 Å². The summed E-state index contributed by atoms with van der Waals surface area (Å²) in [4.78, 5) is 27.5. The van der Waals surface area contributed by atoms with Gasteiger partial charge in [-0.3, -0.25) is 4.21 Å². The fourth-order valence-corrected chi connectivity index (χ4v) is 4.49. The van der Waals surface area contributed by atoms with E-state index in [1.807, 2.05) is 0 Å². The van der Waals surface area contributed by atoms with Crippen molar-refractivity contribution < 1.29 is 18.5 Å². The van der Waals surface area contributed by atoms with Crippen molar-refractivity contribution in [1.29, 1.82) is 0 Å². The van der Waals surface area contributed by atoms with Gasteiger partial charge in [0, 0.05) is 24.5 Å². The number of thioether (sulfide) groups is 1. The third-order valence-corrected chi connectivity index (χ3v) is 6.90. The third-order valence-electron chi connectivity index (χ3n) is 3.56. The zero-order valence-electron chi connectivity index (χ0n) is 13.4. The first kappa shape index (κ1) is 18.2. The molecule has 134 valence electrons. The quantitative estimate of drug-likeness (QED) is 0.423. The van der Waals surface area contributed by atoms with Gasteiger partial charge in [-0.15, -0.1) is 16.6 Å². The Hall–Kier alpha value is -1.64. The molecule has 1 aliphatic carbocycles. The molecule has 0 N–H and O–H groups in total. The first-order valence-corrected chi connectivity index (χ1v) is 10.8. The fraction of sp³-hybridized carbons (Fsp3) is 0.571. The molecule has 3 rings (SSSR count). The Bertz CT molecular complexity index is 743. The second-order valence-electron chi connectivity index (χ2n) is 5.51. The van der Waals surface area contributed by atoms with Gasteiger partial charge in [-0.05, 0) is 24.6 Å². The molecule has 1 aromatic rings. The summed E-state index contributed by atoms with van der Waals surface area (Å²) in [6.45, 7) is 0.537. The lowest BCUT2D eigenvalue weighted by Crippen LogP contribution is -2.56. The highest BCUT2D eigenvalue weighted by Gasteiger charge is 2.39. The molecular weight excluding hydrogens is 384 g/mol. The van der Waals surface area contributed by atoms with E-state index in [2.05, 4.69) is 16.1 Å². The highest BCUT2D eigenvalue weighted by molar-refractivity contribution is 8.14. The van der Waals surface area contributed by atoms with Gasteiger partial charge in [0.1, 0.15) is 0 Å². The van der Waals surface area contributed by atoms with E-state index in [-0.39, 0.29) is 11.7 Å². The van der Waals surface area contributed by atoms with Crippen molar-refractivity contribution in [3.63, 3.8) is 0 Å². The Morgan fingerprint density at radius 1 is 1.48 bits per heavy atom. The minimum absolute atomic E-state index is 0.151. The average molecular weight is 401 g/mol. The number of anilines is 1. The number of amides is 2. The number of ether oxygens (including phenoxy) is 1. The molecular formula is C14H16N4O4S3. The molecule has 0 spiro atoms. The molecule has 2 unspecified atom stereocenters. The van der Waals surface area contributed by atoms with Crippen LogP contribution in [0, 0.1) is 12.3 Å². The maximum absolute atomic E-state index is 12.7. The third kappa shape index (κ3) is 4.31. The molecule has 25 heavy (non-hydrogen) atoms. The molecule has 11 heteroatoms. The summed E-state index contributed by atoms with van der Waals surface area (Å²) in [7, 11) is -1.31. The SMILES string of the molecule is C#CCN1CCC(OC(=O)SC2CC2)N(c2nnc(S(C)=O)s2)C1=O. The second kappa shape index (κ2) is 7.72. The number of aromatic nitrogens is 2. The Labute approximate surface area is 155 Å². The van der Waals surface area contributed by atoms with E-state index in [1.165, 1.54) is 16.1 Å². The number of hydrogen-bond acceptors (Lipinski definition) is 8. The van der Waals surface area contributed by atoms with Gasteiger partial charge in [0.25, 0.3) is 0 Å². The number of nitrogens with zero attached hydrogens (tertiary/aromatic N) is 4. The van der Waals surface area contributed by atoms with Crippen molar-refractivity contribution in [3.05, 3.63) is 0 Å². The second-order valence-corrected chi connectivity index (χ2v) is 9.26. The zero-order valence-corrected chi connectivity index (χ0v) is 15.9. The van der Waals surface area contributed by atoms with Gasteiger partial charge in [0.2, 0.25) is 9.47 Å². The zero-order chi connectivity index (χ0) is 18.0. The summed E-state index contributed by atoms with van der Waals surface area (Å²) in [5.74, 6) is 2.44. The van der Waals surface area contributed by atoms with E-state index in [1.54, 1.807) is 0 Å². The number of rotatable bonds is 5. The molecule has 2 fully saturated rings. The van der Waals surface area contributed by atoms with E-state index in [0.29, 0.717) is 22.6 Å². The first-order chi connectivity index (χ1) is 12.0. The molecule has 1 saturated carbocycles. The predicted octanol–water partition coefficient (Wildman–Crippen LogP) is 1.90. The van der Waals surface area contributed by atoms with Gasteiger partial charge in [-0.25, -0.2) is 14.5 Å². The molecule has 2 heterocycles. The highest BCUT2D eigenvalue weighted by Crippen LogP contribution is 2.36. The molecule has 8 nitrogen and oxygen atoms in total. The lowest BCUT2D eigenvalue weighted by atomic mass is 10.2. The molecule has 1 saturated heterocycles. The molecule has 1 aliphatic heterocycles. The Balaban J connectivity index is 1.81. The van der Waals surface area contributed by atoms with Crippen LogP contribution in [0.4, 0.5) is 14.7 Å². The summed E-state index contributed by atoms with van der Waals surface area (Å²) >= 11 is 2.19. The highest BCUT2D eigenvalue weighted by atomic mass is 32.2. The molecule has 1 aromatic heterocycles. The number of terminal acetylenes is 1. The summed E-state index contributed by atoms with van der Waals surface area (Å²) < 4.78 is 17.4. The maximum atomic E-state index is 12.7. The summed E-state index contributed by atoms with van der Waals surface area (Å²) in [6.07, 6.45) is 8.44. The lowest BCUT2D eigenvalue weighted by Gasteiger charge is -2.38. The average Bonchev–Trinajstić information content (AvgIpc) is 3.23. The monoisotopic (exact) mass is 400 g/mol. The largest absolute Gasteiger partial charge is 0.433 e. The number of carbonyl (C=O) groups excluding carboxylic acids is 2. The number of carbonyl (C=O) groups is 2. The van der Waals surface area contributed by atoms with E-state index in [0.717, 1.165) is 35.9 Å². The van der Waals surface area contributed by atoms with Crippen LogP contribution in [-0.4, -0.2) is 61.5 Å². The van der Waals surface area contributed by atoms with Crippen LogP contribution in [0.2, 0.25) is 0 Å². The van der Waals surface area contributed by atoms with Crippen LogP contribution in [-0.2, 0) is 15.5 Å². The Morgan fingerprint density at radius 2 is 2.24 bits per heavy atom. The Morgan fingerprint density at radius 3 is 2.84 bits per heavy atom. The van der Waals surface area contributed by atoms with Crippen LogP contribution in [0.1, 0.15) is 19.3 Å². The fourth-order valence-electron chi connectivity index (χ4n) is 2.22. The summed E-state index contributed by atoms with van der Waals surface area (Å²) in [6, 6.07) is -0.400. The van der Waals surface area contributed by atoms with Crippen LogP contribution in [0.25, 0.3) is 0 Å². The van der Waals surface area contributed by atoms with Crippen LogP contribution < -0.4 is 4.90 Å². The van der Waals surface area contributed by atoms with Gasteiger partial charge >= 0.3 is 11.3 Å². The van der Waals surface area contributed by atoms with Gasteiger partial charge in [0.15, 0.2) is 6.23 Å². The van der Waals surface area contributed by atoms with E-state index in [4.69, 9.17) is 11.2 Å². The Kier molecular flexibility index (Phi) is 5.61. The van der Waals surface area contributed by atoms with Crippen LogP contribution in [0.15, 0.2) is 4.34 Å². The van der Waals surface area contributed by atoms with Crippen molar-refractivity contribution in [2.45, 2.75) is 35.1 Å². The van der Waals surface area contributed by atoms with Crippen molar-refractivity contribution in [2.24, 2.45) is 0 Å².